The number of halogens is 2. The second-order valence-electron chi connectivity index (χ2n) is 5.16. The van der Waals surface area contributed by atoms with Gasteiger partial charge in [0, 0.05) is 39.0 Å². The van der Waals surface area contributed by atoms with Crippen LogP contribution in [0.25, 0.3) is 0 Å². The molecule has 96 valence electrons. The van der Waals surface area contributed by atoms with Gasteiger partial charge in [-0.3, -0.25) is 4.90 Å². The monoisotopic (exact) mass is 243 g/mol. The van der Waals surface area contributed by atoms with E-state index in [4.69, 9.17) is 5.26 Å². The lowest BCUT2D eigenvalue weighted by molar-refractivity contribution is -0.0582. The van der Waals surface area contributed by atoms with Crippen molar-refractivity contribution in [2.45, 2.75) is 37.6 Å². The second-order valence-corrected chi connectivity index (χ2v) is 5.16. The van der Waals surface area contributed by atoms with Crippen molar-refractivity contribution in [3.63, 3.8) is 0 Å². The van der Waals surface area contributed by atoms with Crippen LogP contribution in [0, 0.1) is 17.2 Å². The zero-order valence-corrected chi connectivity index (χ0v) is 9.96. The molecule has 2 aliphatic rings. The van der Waals surface area contributed by atoms with Crippen molar-refractivity contribution in [3.05, 3.63) is 0 Å². The first-order valence-corrected chi connectivity index (χ1v) is 6.33. The van der Waals surface area contributed by atoms with Crippen LogP contribution in [0.4, 0.5) is 8.78 Å². The Bertz CT molecular complexity index is 301. The van der Waals surface area contributed by atoms with Gasteiger partial charge in [0.1, 0.15) is 6.04 Å². The van der Waals surface area contributed by atoms with Crippen LogP contribution in [0.5, 0.6) is 0 Å². The average molecular weight is 243 g/mol. The van der Waals surface area contributed by atoms with Gasteiger partial charge in [0.15, 0.2) is 0 Å². The predicted octanol–water partition coefficient (Wildman–Crippen LogP) is 1.61. The van der Waals surface area contributed by atoms with Gasteiger partial charge < -0.3 is 5.32 Å². The van der Waals surface area contributed by atoms with Crippen LogP contribution in [-0.2, 0) is 0 Å². The Labute approximate surface area is 101 Å². The van der Waals surface area contributed by atoms with Crippen molar-refractivity contribution in [2.75, 3.05) is 26.2 Å². The molecule has 0 bridgehead atoms. The van der Waals surface area contributed by atoms with Crippen molar-refractivity contribution in [1.29, 1.82) is 5.26 Å². The summed E-state index contributed by atoms with van der Waals surface area (Å²) < 4.78 is 26.6. The molecule has 0 aromatic heterocycles. The van der Waals surface area contributed by atoms with Gasteiger partial charge in [-0.2, -0.15) is 5.26 Å². The maximum Gasteiger partial charge on any atom is 0.248 e. The first-order valence-electron chi connectivity index (χ1n) is 6.33. The molecular weight excluding hydrogens is 224 g/mol. The minimum absolute atomic E-state index is 0.00488. The fourth-order valence-corrected chi connectivity index (χ4v) is 2.86. The summed E-state index contributed by atoms with van der Waals surface area (Å²) in [7, 11) is 0. The van der Waals surface area contributed by atoms with E-state index in [9.17, 15) is 8.78 Å². The van der Waals surface area contributed by atoms with Crippen molar-refractivity contribution in [3.8, 4) is 6.07 Å². The molecule has 3 nitrogen and oxygen atoms in total. The highest BCUT2D eigenvalue weighted by atomic mass is 19.3. The number of hydrogen-bond donors (Lipinski definition) is 1. The van der Waals surface area contributed by atoms with Crippen molar-refractivity contribution in [2.24, 2.45) is 5.92 Å². The maximum absolute atomic E-state index is 13.3. The number of rotatable bonds is 2. The predicted molar refractivity (Wildman–Crippen MR) is 60.7 cm³/mol. The lowest BCUT2D eigenvalue weighted by Crippen LogP contribution is -2.52. The SMILES string of the molecule is N#CC1CNCCN1CC1CCCC(F)(F)C1. The zero-order valence-electron chi connectivity index (χ0n) is 9.96. The van der Waals surface area contributed by atoms with Crippen LogP contribution in [0.2, 0.25) is 0 Å². The van der Waals surface area contributed by atoms with E-state index in [2.05, 4.69) is 16.3 Å². The van der Waals surface area contributed by atoms with Crippen molar-refractivity contribution >= 4 is 0 Å². The summed E-state index contributed by atoms with van der Waals surface area (Å²) in [4.78, 5) is 2.06. The summed E-state index contributed by atoms with van der Waals surface area (Å²) >= 11 is 0. The number of nitrogens with one attached hydrogen (secondary N) is 1. The number of piperazine rings is 1. The number of alkyl halides is 2. The molecule has 0 amide bonds. The molecule has 0 aromatic rings. The number of nitrogens with zero attached hydrogens (tertiary/aromatic N) is 2. The van der Waals surface area contributed by atoms with E-state index in [0.717, 1.165) is 19.5 Å². The fraction of sp³-hybridized carbons (Fsp3) is 0.917. The zero-order chi connectivity index (χ0) is 12.3. The van der Waals surface area contributed by atoms with Crippen LogP contribution in [0.1, 0.15) is 25.7 Å². The molecule has 1 N–H and O–H groups in total. The third-order valence-corrected chi connectivity index (χ3v) is 3.74. The lowest BCUT2D eigenvalue weighted by Gasteiger charge is -2.37. The molecule has 1 saturated heterocycles. The molecular formula is C12H19F2N3. The highest BCUT2D eigenvalue weighted by molar-refractivity contribution is 4.97. The van der Waals surface area contributed by atoms with Gasteiger partial charge in [-0.05, 0) is 18.8 Å². The van der Waals surface area contributed by atoms with Crippen LogP contribution < -0.4 is 5.32 Å². The molecule has 5 heteroatoms. The van der Waals surface area contributed by atoms with Gasteiger partial charge in [0.05, 0.1) is 6.07 Å². The molecule has 2 unspecified atom stereocenters. The van der Waals surface area contributed by atoms with Gasteiger partial charge in [-0.1, -0.05) is 0 Å². The Morgan fingerprint density at radius 3 is 3.00 bits per heavy atom. The number of nitriles is 1. The highest BCUT2D eigenvalue weighted by Gasteiger charge is 2.37. The van der Waals surface area contributed by atoms with E-state index >= 15 is 0 Å². The number of hydrogen-bond acceptors (Lipinski definition) is 3. The summed E-state index contributed by atoms with van der Waals surface area (Å²) in [6.07, 6.45) is 1.51. The Hall–Kier alpha value is -0.730. The van der Waals surface area contributed by atoms with Gasteiger partial charge in [-0.25, -0.2) is 8.78 Å². The summed E-state index contributed by atoms with van der Waals surface area (Å²) in [5.74, 6) is -2.44. The minimum atomic E-state index is -2.49. The summed E-state index contributed by atoms with van der Waals surface area (Å²) in [5, 5.41) is 12.2. The second kappa shape index (κ2) is 5.28. The van der Waals surface area contributed by atoms with E-state index in [1.165, 1.54) is 0 Å². The topological polar surface area (TPSA) is 39.1 Å². The minimum Gasteiger partial charge on any atom is -0.313 e. The largest absolute Gasteiger partial charge is 0.313 e. The molecule has 0 aromatic carbocycles. The summed E-state index contributed by atoms with van der Waals surface area (Å²) in [6, 6.07) is 2.09. The first-order chi connectivity index (χ1) is 8.11. The van der Waals surface area contributed by atoms with E-state index in [1.807, 2.05) is 0 Å². The first kappa shape index (κ1) is 12.7. The molecule has 2 fully saturated rings. The average Bonchev–Trinajstić information content (AvgIpc) is 2.28. The molecule has 1 aliphatic carbocycles. The molecule has 1 saturated carbocycles. The van der Waals surface area contributed by atoms with E-state index < -0.39 is 5.92 Å². The Morgan fingerprint density at radius 1 is 1.47 bits per heavy atom. The van der Waals surface area contributed by atoms with Crippen LogP contribution >= 0.6 is 0 Å². The smallest absolute Gasteiger partial charge is 0.248 e. The van der Waals surface area contributed by atoms with Gasteiger partial charge in [-0.15, -0.1) is 0 Å². The van der Waals surface area contributed by atoms with Crippen molar-refractivity contribution < 1.29 is 8.78 Å². The molecule has 0 radical (unpaired) electrons. The van der Waals surface area contributed by atoms with Crippen LogP contribution in [0.3, 0.4) is 0 Å². The Morgan fingerprint density at radius 2 is 2.29 bits per heavy atom. The van der Waals surface area contributed by atoms with Crippen LogP contribution in [-0.4, -0.2) is 43.0 Å². The quantitative estimate of drug-likeness (QED) is 0.801. The summed E-state index contributed by atoms with van der Waals surface area (Å²) in [6.45, 7) is 2.94. The molecule has 1 aliphatic heterocycles. The summed E-state index contributed by atoms with van der Waals surface area (Å²) in [5.41, 5.74) is 0. The standard InChI is InChI=1S/C12H19F2N3/c13-12(14)3-1-2-10(6-12)9-17-5-4-16-8-11(17)7-15/h10-11,16H,1-6,8-9H2. The fourth-order valence-electron chi connectivity index (χ4n) is 2.86. The van der Waals surface area contributed by atoms with Crippen LogP contribution in [0.15, 0.2) is 0 Å². The maximum atomic E-state index is 13.3. The van der Waals surface area contributed by atoms with E-state index in [0.29, 0.717) is 19.5 Å². The third-order valence-electron chi connectivity index (χ3n) is 3.74. The van der Waals surface area contributed by atoms with Gasteiger partial charge in [0.2, 0.25) is 5.92 Å². The normalized spacial score (nSPS) is 34.2. The molecule has 2 atom stereocenters. The molecule has 17 heavy (non-hydrogen) atoms. The third kappa shape index (κ3) is 3.36. The van der Waals surface area contributed by atoms with Gasteiger partial charge >= 0.3 is 0 Å². The Balaban J connectivity index is 1.89. The highest BCUT2D eigenvalue weighted by Crippen LogP contribution is 2.37. The van der Waals surface area contributed by atoms with E-state index in [-0.39, 0.29) is 24.8 Å². The molecule has 0 spiro atoms. The molecule has 2 rings (SSSR count). The van der Waals surface area contributed by atoms with Gasteiger partial charge in [0.25, 0.3) is 0 Å². The Kier molecular flexibility index (Phi) is 3.95. The lowest BCUT2D eigenvalue weighted by atomic mass is 9.86. The molecule has 1 heterocycles. The van der Waals surface area contributed by atoms with Crippen molar-refractivity contribution in [1.82, 2.24) is 10.2 Å². The van der Waals surface area contributed by atoms with E-state index in [1.54, 1.807) is 0 Å².